The number of hydrogen-bond acceptors (Lipinski definition) is 1. The van der Waals surface area contributed by atoms with Crippen LogP contribution in [0.2, 0.25) is 0 Å². The van der Waals surface area contributed by atoms with Crippen molar-refractivity contribution in [3.8, 4) is 11.8 Å². The highest BCUT2D eigenvalue weighted by molar-refractivity contribution is 14.1. The molecule has 2 heteroatoms. The van der Waals surface area contributed by atoms with Gasteiger partial charge < -0.3 is 4.74 Å². The van der Waals surface area contributed by atoms with Gasteiger partial charge in [-0.3, -0.25) is 0 Å². The highest BCUT2D eigenvalue weighted by Crippen LogP contribution is 1.90. The predicted molar refractivity (Wildman–Crippen MR) is 61.5 cm³/mol. The van der Waals surface area contributed by atoms with Crippen molar-refractivity contribution in [1.82, 2.24) is 0 Å². The van der Waals surface area contributed by atoms with E-state index < -0.39 is 0 Å². The van der Waals surface area contributed by atoms with Gasteiger partial charge in [-0.1, -0.05) is 40.7 Å². The zero-order valence-electron chi connectivity index (χ0n) is 7.48. The first-order valence-electron chi connectivity index (χ1n) is 4.16. The third-order valence-electron chi connectivity index (χ3n) is 1.20. The average molecular weight is 278 g/mol. The summed E-state index contributed by atoms with van der Waals surface area (Å²) in [4.78, 5) is 0. The molecule has 0 amide bonds. The summed E-state index contributed by atoms with van der Waals surface area (Å²) < 4.78 is 6.16. The second kappa shape index (κ2) is 11.0. The average Bonchev–Trinajstić information content (AvgIpc) is 2.10. The van der Waals surface area contributed by atoms with E-state index >= 15 is 0 Å². The van der Waals surface area contributed by atoms with Crippen molar-refractivity contribution in [2.45, 2.75) is 19.8 Å². The predicted octanol–water partition coefficient (Wildman–Crippen LogP) is 2.80. The molecule has 0 saturated carbocycles. The molecule has 0 radical (unpaired) electrons. The Labute approximate surface area is 88.7 Å². The summed E-state index contributed by atoms with van der Waals surface area (Å²) in [6.07, 6.45) is 6.33. The van der Waals surface area contributed by atoms with Gasteiger partial charge in [-0.15, -0.1) is 5.92 Å². The van der Waals surface area contributed by atoms with Gasteiger partial charge in [0.2, 0.25) is 0 Å². The summed E-state index contributed by atoms with van der Waals surface area (Å²) in [6, 6.07) is 0. The monoisotopic (exact) mass is 278 g/mol. The van der Waals surface area contributed by atoms with E-state index in [4.69, 9.17) is 4.74 Å². The lowest BCUT2D eigenvalue weighted by molar-refractivity contribution is 0.182. The van der Waals surface area contributed by atoms with Crippen LogP contribution in [0, 0.1) is 11.8 Å². The van der Waals surface area contributed by atoms with Crippen molar-refractivity contribution in [3.63, 3.8) is 0 Å². The summed E-state index contributed by atoms with van der Waals surface area (Å²) in [5.41, 5.74) is 0. The molecule has 0 aromatic rings. The number of halogens is 1. The molecule has 12 heavy (non-hydrogen) atoms. The largest absolute Gasteiger partial charge is 0.369 e. The lowest BCUT2D eigenvalue weighted by Crippen LogP contribution is -1.88. The first-order valence-corrected chi connectivity index (χ1v) is 5.68. The van der Waals surface area contributed by atoms with Crippen LogP contribution in [0.4, 0.5) is 0 Å². The number of rotatable bonds is 5. The molecular formula is C10H15IO. The first-order chi connectivity index (χ1) is 5.91. The van der Waals surface area contributed by atoms with Crippen LogP contribution in [-0.2, 0) is 4.74 Å². The van der Waals surface area contributed by atoms with Crippen LogP contribution in [0.25, 0.3) is 0 Å². The van der Waals surface area contributed by atoms with E-state index in [-0.39, 0.29) is 0 Å². The fourth-order valence-corrected chi connectivity index (χ4v) is 0.988. The molecule has 0 aliphatic heterocycles. The van der Waals surface area contributed by atoms with Crippen LogP contribution in [0.5, 0.6) is 0 Å². The van der Waals surface area contributed by atoms with E-state index in [9.17, 15) is 0 Å². The van der Waals surface area contributed by atoms with Gasteiger partial charge in [-0.2, -0.15) is 0 Å². The molecule has 0 unspecified atom stereocenters. The molecule has 0 spiro atoms. The molecule has 0 aliphatic carbocycles. The Morgan fingerprint density at radius 1 is 1.33 bits per heavy atom. The Kier molecular flexibility index (Phi) is 11.0. The molecular weight excluding hydrogens is 263 g/mol. The van der Waals surface area contributed by atoms with E-state index in [1.807, 2.05) is 6.92 Å². The molecule has 0 N–H and O–H groups in total. The summed E-state index contributed by atoms with van der Waals surface area (Å²) in [7, 11) is 0. The SMILES string of the molecule is CCOCC#CCC/C=C\CI. The summed E-state index contributed by atoms with van der Waals surface area (Å²) in [6.45, 7) is 3.31. The number of ether oxygens (including phenoxy) is 1. The minimum atomic E-state index is 0.576. The third kappa shape index (κ3) is 9.99. The van der Waals surface area contributed by atoms with Crippen molar-refractivity contribution in [3.05, 3.63) is 12.2 Å². The molecule has 0 aliphatic rings. The fraction of sp³-hybridized carbons (Fsp3) is 0.600. The Balaban J connectivity index is 3.15. The molecule has 0 saturated heterocycles. The van der Waals surface area contributed by atoms with Gasteiger partial charge in [0.05, 0.1) is 0 Å². The van der Waals surface area contributed by atoms with E-state index in [1.165, 1.54) is 0 Å². The maximum absolute atomic E-state index is 5.07. The highest BCUT2D eigenvalue weighted by atomic mass is 127. The zero-order valence-corrected chi connectivity index (χ0v) is 9.63. The molecule has 0 bridgehead atoms. The van der Waals surface area contributed by atoms with Crippen LogP contribution in [0.15, 0.2) is 12.2 Å². The van der Waals surface area contributed by atoms with Gasteiger partial charge in [0.25, 0.3) is 0 Å². The molecule has 0 aromatic heterocycles. The summed E-state index contributed by atoms with van der Waals surface area (Å²) in [5.74, 6) is 6.01. The second-order valence-corrected chi connectivity index (χ2v) is 3.04. The van der Waals surface area contributed by atoms with Crippen LogP contribution < -0.4 is 0 Å². The Morgan fingerprint density at radius 2 is 2.17 bits per heavy atom. The lowest BCUT2D eigenvalue weighted by Gasteiger charge is -1.88. The van der Waals surface area contributed by atoms with Gasteiger partial charge >= 0.3 is 0 Å². The molecule has 0 atom stereocenters. The Hall–Kier alpha value is -0.0100. The van der Waals surface area contributed by atoms with Crippen molar-refractivity contribution in [2.75, 3.05) is 17.6 Å². The standard InChI is InChI=1S/C10H15IO/c1-2-12-10-8-6-4-3-5-7-9-11/h5,7H,2-4,9-10H2,1H3/b7-5-. The van der Waals surface area contributed by atoms with Crippen molar-refractivity contribution in [1.29, 1.82) is 0 Å². The molecule has 68 valence electrons. The minimum absolute atomic E-state index is 0.576. The van der Waals surface area contributed by atoms with Gasteiger partial charge in [0.1, 0.15) is 6.61 Å². The smallest absolute Gasteiger partial charge is 0.107 e. The van der Waals surface area contributed by atoms with Crippen LogP contribution in [0.3, 0.4) is 0 Å². The third-order valence-corrected chi connectivity index (χ3v) is 1.70. The minimum Gasteiger partial charge on any atom is -0.369 e. The first kappa shape index (κ1) is 12.0. The molecule has 0 heterocycles. The van der Waals surface area contributed by atoms with E-state index in [1.54, 1.807) is 0 Å². The van der Waals surface area contributed by atoms with Crippen LogP contribution in [-0.4, -0.2) is 17.6 Å². The molecule has 1 nitrogen and oxygen atoms in total. The number of hydrogen-bond donors (Lipinski definition) is 0. The van der Waals surface area contributed by atoms with Crippen molar-refractivity contribution >= 4 is 22.6 Å². The Bertz CT molecular complexity index is 164. The Morgan fingerprint density at radius 3 is 2.83 bits per heavy atom. The van der Waals surface area contributed by atoms with Gasteiger partial charge in [-0.25, -0.2) is 0 Å². The topological polar surface area (TPSA) is 9.23 Å². The van der Waals surface area contributed by atoms with E-state index in [2.05, 4.69) is 46.6 Å². The van der Waals surface area contributed by atoms with Crippen LogP contribution in [0.1, 0.15) is 19.8 Å². The highest BCUT2D eigenvalue weighted by Gasteiger charge is 1.76. The molecule has 0 aromatic carbocycles. The lowest BCUT2D eigenvalue weighted by atomic mass is 10.3. The van der Waals surface area contributed by atoms with Gasteiger partial charge in [0, 0.05) is 17.5 Å². The van der Waals surface area contributed by atoms with E-state index in [0.717, 1.165) is 23.9 Å². The number of alkyl halides is 1. The summed E-state index contributed by atoms with van der Waals surface area (Å²) in [5, 5.41) is 0. The molecule has 0 rings (SSSR count). The zero-order chi connectivity index (χ0) is 9.07. The van der Waals surface area contributed by atoms with E-state index in [0.29, 0.717) is 6.61 Å². The normalized spacial score (nSPS) is 9.83. The molecule has 0 fully saturated rings. The number of allylic oxidation sites excluding steroid dienone is 2. The second-order valence-electron chi connectivity index (χ2n) is 2.16. The van der Waals surface area contributed by atoms with Crippen LogP contribution >= 0.6 is 22.6 Å². The number of unbranched alkanes of at least 4 members (excludes halogenated alkanes) is 1. The van der Waals surface area contributed by atoms with Crippen molar-refractivity contribution < 1.29 is 4.74 Å². The van der Waals surface area contributed by atoms with Gasteiger partial charge in [-0.05, 0) is 13.3 Å². The maximum Gasteiger partial charge on any atom is 0.107 e. The quantitative estimate of drug-likeness (QED) is 0.247. The maximum atomic E-state index is 5.07. The van der Waals surface area contributed by atoms with Gasteiger partial charge in [0.15, 0.2) is 0 Å². The fourth-order valence-electron chi connectivity index (χ4n) is 0.629. The summed E-state index contributed by atoms with van der Waals surface area (Å²) >= 11 is 2.32. The van der Waals surface area contributed by atoms with Crippen molar-refractivity contribution in [2.24, 2.45) is 0 Å².